The fraction of sp³-hybridized carbons (Fsp3) is 0.238. The Hall–Kier alpha value is -2.84. The van der Waals surface area contributed by atoms with Crippen LogP contribution >= 0.6 is 11.3 Å². The second-order valence-corrected chi connectivity index (χ2v) is 7.44. The number of ether oxygens (including phenoxy) is 2. The van der Waals surface area contributed by atoms with Crippen molar-refractivity contribution in [1.29, 1.82) is 0 Å². The zero-order valence-electron chi connectivity index (χ0n) is 15.4. The van der Waals surface area contributed by atoms with Crippen molar-refractivity contribution in [3.05, 3.63) is 65.0 Å². The van der Waals surface area contributed by atoms with E-state index in [0.29, 0.717) is 23.1 Å². The molecule has 0 aliphatic carbocycles. The van der Waals surface area contributed by atoms with E-state index < -0.39 is 11.6 Å². The van der Waals surface area contributed by atoms with Crippen molar-refractivity contribution in [3.63, 3.8) is 0 Å². The Balaban J connectivity index is 1.38. The van der Waals surface area contributed by atoms with E-state index in [2.05, 4.69) is 10.3 Å². The molecule has 5 nitrogen and oxygen atoms in total. The smallest absolute Gasteiger partial charge is 0.257 e. The van der Waals surface area contributed by atoms with Gasteiger partial charge in [0.2, 0.25) is 0 Å². The number of carbonyl (C=O) groups excluding carboxylic acids is 1. The first kappa shape index (κ1) is 19.5. The number of nitrogens with zero attached hydrogens (tertiary/aromatic N) is 1. The zero-order chi connectivity index (χ0) is 20.2. The third-order valence-corrected chi connectivity index (χ3v) is 5.26. The SMILES string of the molecule is O=C(Nc1nc(-c2cc(F)ccc2F)cs1)c1ccc(OC[C@H]2CCCO2)cc1. The predicted octanol–water partition coefficient (Wildman–Crippen LogP) is 4.90. The van der Waals surface area contributed by atoms with E-state index in [1.807, 2.05) is 0 Å². The van der Waals surface area contributed by atoms with Crippen LogP contribution < -0.4 is 10.1 Å². The lowest BCUT2D eigenvalue weighted by Gasteiger charge is -2.11. The van der Waals surface area contributed by atoms with Crippen molar-refractivity contribution in [2.75, 3.05) is 18.5 Å². The topological polar surface area (TPSA) is 60.5 Å². The lowest BCUT2D eigenvalue weighted by molar-refractivity contribution is 0.0679. The highest BCUT2D eigenvalue weighted by molar-refractivity contribution is 7.14. The molecule has 1 atom stereocenters. The van der Waals surface area contributed by atoms with E-state index in [4.69, 9.17) is 9.47 Å². The number of anilines is 1. The molecular weight excluding hydrogens is 398 g/mol. The molecule has 1 aliphatic rings. The lowest BCUT2D eigenvalue weighted by Crippen LogP contribution is -2.16. The van der Waals surface area contributed by atoms with Crippen molar-refractivity contribution in [3.8, 4) is 17.0 Å². The van der Waals surface area contributed by atoms with Gasteiger partial charge in [0.1, 0.15) is 24.0 Å². The minimum absolute atomic E-state index is 0.0505. The predicted molar refractivity (Wildman–Crippen MR) is 106 cm³/mol. The van der Waals surface area contributed by atoms with Gasteiger partial charge < -0.3 is 9.47 Å². The van der Waals surface area contributed by atoms with Gasteiger partial charge in [-0.2, -0.15) is 0 Å². The molecule has 0 saturated carbocycles. The number of benzene rings is 2. The number of thiazole rings is 1. The van der Waals surface area contributed by atoms with Gasteiger partial charge in [0, 0.05) is 23.1 Å². The van der Waals surface area contributed by atoms with E-state index in [1.54, 1.807) is 29.6 Å². The number of carbonyl (C=O) groups is 1. The average Bonchev–Trinajstić information content (AvgIpc) is 3.41. The average molecular weight is 416 g/mol. The van der Waals surface area contributed by atoms with Gasteiger partial charge in [0.05, 0.1) is 11.8 Å². The minimum atomic E-state index is -0.576. The first-order chi connectivity index (χ1) is 14.1. The number of hydrogen-bond donors (Lipinski definition) is 1. The van der Waals surface area contributed by atoms with E-state index in [0.717, 1.165) is 49.0 Å². The van der Waals surface area contributed by atoms with Gasteiger partial charge >= 0.3 is 0 Å². The summed E-state index contributed by atoms with van der Waals surface area (Å²) in [5.74, 6) is -0.818. The monoisotopic (exact) mass is 416 g/mol. The van der Waals surface area contributed by atoms with Crippen LogP contribution in [0.25, 0.3) is 11.3 Å². The molecule has 1 saturated heterocycles. The first-order valence-corrected chi connectivity index (χ1v) is 10.0. The first-order valence-electron chi connectivity index (χ1n) is 9.15. The molecule has 0 radical (unpaired) electrons. The number of hydrogen-bond acceptors (Lipinski definition) is 5. The summed E-state index contributed by atoms with van der Waals surface area (Å²) in [5, 5.41) is 4.53. The number of rotatable bonds is 6. The van der Waals surface area contributed by atoms with Gasteiger partial charge in [0.15, 0.2) is 5.13 Å². The van der Waals surface area contributed by atoms with Gasteiger partial charge in [-0.3, -0.25) is 10.1 Å². The van der Waals surface area contributed by atoms with Gasteiger partial charge in [-0.15, -0.1) is 11.3 Å². The molecule has 2 heterocycles. The van der Waals surface area contributed by atoms with Crippen molar-refractivity contribution >= 4 is 22.4 Å². The van der Waals surface area contributed by atoms with Crippen LogP contribution in [0.2, 0.25) is 0 Å². The highest BCUT2D eigenvalue weighted by Gasteiger charge is 2.16. The summed E-state index contributed by atoms with van der Waals surface area (Å²) < 4.78 is 38.4. The second kappa shape index (κ2) is 8.67. The molecule has 8 heteroatoms. The standard InChI is InChI=1S/C21H18F2N2O3S/c22-14-5-8-18(23)17(10-14)19-12-29-21(24-19)25-20(26)13-3-6-15(7-4-13)28-11-16-2-1-9-27-16/h3-8,10,12,16H,1-2,9,11H2,(H,24,25,26)/t16-/m1/s1. The number of nitrogens with one attached hydrogen (secondary N) is 1. The summed E-state index contributed by atoms with van der Waals surface area (Å²) >= 11 is 1.14. The highest BCUT2D eigenvalue weighted by Crippen LogP contribution is 2.28. The van der Waals surface area contributed by atoms with Gasteiger partial charge in [-0.05, 0) is 55.3 Å². The quantitative estimate of drug-likeness (QED) is 0.621. The molecule has 1 N–H and O–H groups in total. The Morgan fingerprint density at radius 2 is 2.07 bits per heavy atom. The summed E-state index contributed by atoms with van der Waals surface area (Å²) in [4.78, 5) is 16.6. The second-order valence-electron chi connectivity index (χ2n) is 6.59. The number of aromatic nitrogens is 1. The fourth-order valence-electron chi connectivity index (χ4n) is 2.99. The van der Waals surface area contributed by atoms with Crippen LogP contribution in [-0.4, -0.2) is 30.2 Å². The maximum Gasteiger partial charge on any atom is 0.257 e. The Labute approximate surface area is 170 Å². The highest BCUT2D eigenvalue weighted by atomic mass is 32.1. The molecule has 2 aromatic carbocycles. The normalized spacial score (nSPS) is 16.0. The molecular formula is C21H18F2N2O3S. The summed E-state index contributed by atoms with van der Waals surface area (Å²) in [7, 11) is 0. The van der Waals surface area contributed by atoms with Crippen LogP contribution in [0, 0.1) is 11.6 Å². The molecule has 150 valence electrons. The zero-order valence-corrected chi connectivity index (χ0v) is 16.2. The van der Waals surface area contributed by atoms with Crippen molar-refractivity contribution in [2.45, 2.75) is 18.9 Å². The molecule has 0 spiro atoms. The Kier molecular flexibility index (Phi) is 5.82. The number of amides is 1. The van der Waals surface area contributed by atoms with Gasteiger partial charge in [-0.25, -0.2) is 13.8 Å². The third-order valence-electron chi connectivity index (χ3n) is 4.51. The molecule has 1 fully saturated rings. The van der Waals surface area contributed by atoms with Crippen molar-refractivity contribution < 1.29 is 23.0 Å². The largest absolute Gasteiger partial charge is 0.491 e. The molecule has 0 unspecified atom stereocenters. The Morgan fingerprint density at radius 1 is 1.24 bits per heavy atom. The van der Waals surface area contributed by atoms with E-state index in [9.17, 15) is 13.6 Å². The van der Waals surface area contributed by atoms with Crippen molar-refractivity contribution in [1.82, 2.24) is 4.98 Å². The summed E-state index contributed by atoms with van der Waals surface area (Å²) in [6.07, 6.45) is 2.17. The summed E-state index contributed by atoms with van der Waals surface area (Å²) in [6, 6.07) is 9.92. The van der Waals surface area contributed by atoms with E-state index >= 15 is 0 Å². The van der Waals surface area contributed by atoms with Gasteiger partial charge in [-0.1, -0.05) is 0 Å². The van der Waals surface area contributed by atoms with Crippen LogP contribution in [0.15, 0.2) is 47.8 Å². The van der Waals surface area contributed by atoms with E-state index in [-0.39, 0.29) is 23.3 Å². The molecule has 3 aromatic rings. The molecule has 4 rings (SSSR count). The van der Waals surface area contributed by atoms with Crippen LogP contribution in [0.5, 0.6) is 5.75 Å². The van der Waals surface area contributed by atoms with E-state index in [1.165, 1.54) is 0 Å². The number of halogens is 2. The van der Waals surface area contributed by atoms with Crippen LogP contribution in [0.4, 0.5) is 13.9 Å². The van der Waals surface area contributed by atoms with Crippen LogP contribution in [0.1, 0.15) is 23.2 Å². The molecule has 1 aliphatic heterocycles. The summed E-state index contributed by atoms with van der Waals surface area (Å²) in [5.41, 5.74) is 0.748. The van der Waals surface area contributed by atoms with Crippen LogP contribution in [-0.2, 0) is 4.74 Å². The molecule has 1 amide bonds. The van der Waals surface area contributed by atoms with Gasteiger partial charge in [0.25, 0.3) is 5.91 Å². The Bertz CT molecular complexity index is 1000. The maximum absolute atomic E-state index is 13.9. The fourth-order valence-corrected chi connectivity index (χ4v) is 3.69. The molecule has 0 bridgehead atoms. The third kappa shape index (κ3) is 4.78. The minimum Gasteiger partial charge on any atom is -0.491 e. The maximum atomic E-state index is 13.9. The van der Waals surface area contributed by atoms with Crippen molar-refractivity contribution in [2.24, 2.45) is 0 Å². The Morgan fingerprint density at radius 3 is 2.83 bits per heavy atom. The lowest BCUT2D eigenvalue weighted by atomic mass is 10.1. The molecule has 29 heavy (non-hydrogen) atoms. The molecule has 1 aromatic heterocycles. The van der Waals surface area contributed by atoms with Crippen LogP contribution in [0.3, 0.4) is 0 Å². The summed E-state index contributed by atoms with van der Waals surface area (Å²) in [6.45, 7) is 1.27.